The van der Waals surface area contributed by atoms with Crippen molar-refractivity contribution < 1.29 is 4.74 Å². The van der Waals surface area contributed by atoms with Crippen molar-refractivity contribution in [2.24, 2.45) is 0 Å². The molecule has 0 aliphatic rings. The minimum Gasteiger partial charge on any atom is -0.497 e. The maximum absolute atomic E-state index is 12.8. The van der Waals surface area contributed by atoms with Gasteiger partial charge in [0, 0.05) is 32.5 Å². The van der Waals surface area contributed by atoms with Gasteiger partial charge in [-0.3, -0.25) is 4.79 Å². The smallest absolute Gasteiger partial charge is 0.260 e. The van der Waals surface area contributed by atoms with Gasteiger partial charge < -0.3 is 15.0 Å². The predicted octanol–water partition coefficient (Wildman–Crippen LogP) is 5.92. The molecule has 11 heteroatoms. The predicted molar refractivity (Wildman–Crippen MR) is 134 cm³/mol. The SMILES string of the molecule is COc1cccc(Nc2nnc(SCc3nc4scc(-c5ccc(C)s5)c4c(=O)[nH]3)s2)c1. The zero-order chi connectivity index (χ0) is 22.1. The molecule has 4 aromatic heterocycles. The Morgan fingerprint density at radius 2 is 2.09 bits per heavy atom. The molecule has 0 fully saturated rings. The number of anilines is 2. The first-order valence-electron chi connectivity index (χ1n) is 9.53. The van der Waals surface area contributed by atoms with Crippen LogP contribution in [-0.2, 0) is 5.75 Å². The minimum atomic E-state index is -0.106. The minimum absolute atomic E-state index is 0.106. The number of benzene rings is 1. The van der Waals surface area contributed by atoms with Gasteiger partial charge in [-0.15, -0.1) is 32.9 Å². The number of aromatic nitrogens is 4. The molecule has 0 radical (unpaired) electrons. The number of rotatable bonds is 7. The summed E-state index contributed by atoms with van der Waals surface area (Å²) in [5.74, 6) is 1.90. The number of hydrogen-bond donors (Lipinski definition) is 2. The highest BCUT2D eigenvalue weighted by Gasteiger charge is 2.15. The van der Waals surface area contributed by atoms with Gasteiger partial charge in [0.2, 0.25) is 5.13 Å². The first-order chi connectivity index (χ1) is 15.6. The van der Waals surface area contributed by atoms with E-state index in [1.807, 2.05) is 29.6 Å². The quantitative estimate of drug-likeness (QED) is 0.269. The van der Waals surface area contributed by atoms with Crippen molar-refractivity contribution in [1.29, 1.82) is 0 Å². The molecule has 4 heterocycles. The third-order valence-corrected chi connectivity index (χ3v) is 8.45. The lowest BCUT2D eigenvalue weighted by atomic mass is 10.2. The fraction of sp³-hybridized carbons (Fsp3) is 0.143. The summed E-state index contributed by atoms with van der Waals surface area (Å²) in [5.41, 5.74) is 1.72. The fourth-order valence-corrected chi connectivity index (χ4v) is 6.66. The van der Waals surface area contributed by atoms with E-state index in [2.05, 4.69) is 44.5 Å². The molecule has 0 saturated heterocycles. The Bertz CT molecular complexity index is 1450. The van der Waals surface area contributed by atoms with Crippen molar-refractivity contribution in [3.8, 4) is 16.2 Å². The van der Waals surface area contributed by atoms with Gasteiger partial charge in [0.1, 0.15) is 16.4 Å². The van der Waals surface area contributed by atoms with Crippen LogP contribution in [0.3, 0.4) is 0 Å². The van der Waals surface area contributed by atoms with Gasteiger partial charge in [0.15, 0.2) is 4.34 Å². The van der Waals surface area contributed by atoms with Crippen LogP contribution in [0.4, 0.5) is 10.8 Å². The maximum atomic E-state index is 12.8. The van der Waals surface area contributed by atoms with Gasteiger partial charge in [-0.05, 0) is 31.2 Å². The first kappa shape index (κ1) is 21.1. The number of nitrogens with zero attached hydrogens (tertiary/aromatic N) is 3. The molecule has 2 N–H and O–H groups in total. The number of H-pyrrole nitrogens is 1. The van der Waals surface area contributed by atoms with E-state index in [1.165, 1.54) is 39.3 Å². The van der Waals surface area contributed by atoms with E-state index in [1.54, 1.807) is 18.4 Å². The number of aryl methyl sites for hydroxylation is 1. The van der Waals surface area contributed by atoms with Crippen LogP contribution in [0.15, 0.2) is 50.9 Å². The number of ether oxygens (including phenoxy) is 1. The van der Waals surface area contributed by atoms with E-state index in [-0.39, 0.29) is 5.56 Å². The van der Waals surface area contributed by atoms with Crippen LogP contribution in [0.25, 0.3) is 20.7 Å². The van der Waals surface area contributed by atoms with Crippen LogP contribution in [0.5, 0.6) is 5.75 Å². The maximum Gasteiger partial charge on any atom is 0.260 e. The average molecular weight is 500 g/mol. The Hall–Kier alpha value is -2.73. The number of nitrogens with one attached hydrogen (secondary N) is 2. The standard InChI is InChI=1S/C21H17N5O2S4/c1-11-6-7-15(31-11)14-9-29-19-17(14)18(27)23-16(24-19)10-30-21-26-25-20(32-21)22-12-4-3-5-13(8-12)28-2/h3-9H,10H2,1-2H3,(H,22,25)(H,23,24,27). The molecule has 7 nitrogen and oxygen atoms in total. The molecule has 0 atom stereocenters. The van der Waals surface area contributed by atoms with Crippen molar-refractivity contribution in [3.63, 3.8) is 0 Å². The van der Waals surface area contributed by atoms with Crippen LogP contribution in [-0.4, -0.2) is 27.3 Å². The van der Waals surface area contributed by atoms with Crippen LogP contribution in [0, 0.1) is 6.92 Å². The summed E-state index contributed by atoms with van der Waals surface area (Å²) in [6, 6.07) is 11.7. The highest BCUT2D eigenvalue weighted by molar-refractivity contribution is 8.00. The molecule has 0 aliphatic carbocycles. The highest BCUT2D eigenvalue weighted by atomic mass is 32.2. The molecule has 0 bridgehead atoms. The van der Waals surface area contributed by atoms with Gasteiger partial charge in [-0.1, -0.05) is 29.2 Å². The molecular weight excluding hydrogens is 483 g/mol. The van der Waals surface area contributed by atoms with Crippen molar-refractivity contribution in [3.05, 3.63) is 62.8 Å². The number of aromatic amines is 1. The Morgan fingerprint density at radius 3 is 2.91 bits per heavy atom. The zero-order valence-corrected chi connectivity index (χ0v) is 20.3. The lowest BCUT2D eigenvalue weighted by molar-refractivity contribution is 0.415. The molecule has 162 valence electrons. The second-order valence-corrected chi connectivity index (χ2v) is 11.1. The monoisotopic (exact) mass is 499 g/mol. The van der Waals surface area contributed by atoms with E-state index >= 15 is 0 Å². The Morgan fingerprint density at radius 1 is 1.19 bits per heavy atom. The summed E-state index contributed by atoms with van der Waals surface area (Å²) in [6.07, 6.45) is 0. The molecule has 0 aliphatic heterocycles. The number of thiophene rings is 2. The van der Waals surface area contributed by atoms with E-state index in [0.29, 0.717) is 22.1 Å². The van der Waals surface area contributed by atoms with Crippen LogP contribution in [0.2, 0.25) is 0 Å². The van der Waals surface area contributed by atoms with Gasteiger partial charge in [-0.25, -0.2) is 4.98 Å². The van der Waals surface area contributed by atoms with Gasteiger partial charge in [-0.2, -0.15) is 0 Å². The molecule has 1 aromatic carbocycles. The summed E-state index contributed by atoms with van der Waals surface area (Å²) in [4.78, 5) is 23.5. The summed E-state index contributed by atoms with van der Waals surface area (Å²) < 4.78 is 6.03. The lowest BCUT2D eigenvalue weighted by Gasteiger charge is -2.04. The van der Waals surface area contributed by atoms with E-state index in [4.69, 9.17) is 4.74 Å². The number of hydrogen-bond acceptors (Lipinski definition) is 10. The van der Waals surface area contributed by atoms with E-state index < -0.39 is 0 Å². The van der Waals surface area contributed by atoms with Crippen LogP contribution >= 0.6 is 45.8 Å². The van der Waals surface area contributed by atoms with E-state index in [9.17, 15) is 4.79 Å². The molecule has 0 amide bonds. The molecule has 0 unspecified atom stereocenters. The number of fused-ring (bicyclic) bond motifs is 1. The van der Waals surface area contributed by atoms with Crippen LogP contribution < -0.4 is 15.6 Å². The van der Waals surface area contributed by atoms with Crippen molar-refractivity contribution >= 4 is 66.8 Å². The Balaban J connectivity index is 1.30. The average Bonchev–Trinajstić information content (AvgIpc) is 3.52. The molecule has 0 spiro atoms. The normalized spacial score (nSPS) is 11.2. The molecule has 5 rings (SSSR count). The summed E-state index contributed by atoms with van der Waals surface area (Å²) in [6.45, 7) is 2.06. The molecule has 5 aromatic rings. The third-order valence-electron chi connectivity index (χ3n) is 4.56. The fourth-order valence-electron chi connectivity index (χ4n) is 3.10. The third kappa shape index (κ3) is 4.42. The van der Waals surface area contributed by atoms with Crippen molar-refractivity contribution in [1.82, 2.24) is 20.2 Å². The summed E-state index contributed by atoms with van der Waals surface area (Å²) in [7, 11) is 1.63. The van der Waals surface area contributed by atoms with Gasteiger partial charge in [0.05, 0.1) is 18.2 Å². The van der Waals surface area contributed by atoms with Gasteiger partial charge >= 0.3 is 0 Å². The largest absolute Gasteiger partial charge is 0.497 e. The topological polar surface area (TPSA) is 92.8 Å². The Labute approximate surface area is 199 Å². The van der Waals surface area contributed by atoms with Crippen LogP contribution in [0.1, 0.15) is 10.7 Å². The summed E-state index contributed by atoms with van der Waals surface area (Å²) in [5, 5.41) is 15.0. The number of methoxy groups -OCH3 is 1. The van der Waals surface area contributed by atoms with Gasteiger partial charge in [0.25, 0.3) is 5.56 Å². The summed E-state index contributed by atoms with van der Waals surface area (Å²) >= 11 is 6.11. The molecule has 0 saturated carbocycles. The molecular formula is C21H17N5O2S4. The second-order valence-electron chi connectivity index (χ2n) is 6.77. The van der Waals surface area contributed by atoms with E-state index in [0.717, 1.165) is 31.0 Å². The van der Waals surface area contributed by atoms with Crippen molar-refractivity contribution in [2.75, 3.05) is 12.4 Å². The lowest BCUT2D eigenvalue weighted by Crippen LogP contribution is -2.10. The zero-order valence-electron chi connectivity index (χ0n) is 17.0. The Kier molecular flexibility index (Phi) is 5.96. The van der Waals surface area contributed by atoms with Crippen molar-refractivity contribution in [2.45, 2.75) is 17.0 Å². The number of thioether (sulfide) groups is 1. The molecule has 32 heavy (non-hydrogen) atoms. The second kappa shape index (κ2) is 9.02. The highest BCUT2D eigenvalue weighted by Crippen LogP contribution is 2.35. The first-order valence-corrected chi connectivity index (χ1v) is 13.0.